The third kappa shape index (κ3) is 3.71. The van der Waals surface area contributed by atoms with Crippen molar-refractivity contribution in [1.82, 2.24) is 9.97 Å². The van der Waals surface area contributed by atoms with Crippen LogP contribution in [0.1, 0.15) is 12.8 Å². The highest BCUT2D eigenvalue weighted by Crippen LogP contribution is 2.39. The number of hydrogen-bond donors (Lipinski definition) is 2. The second-order valence-electron chi connectivity index (χ2n) is 7.03. The largest absolute Gasteiger partial charge is 0.379 e. The molecule has 0 saturated carbocycles. The van der Waals surface area contributed by atoms with Gasteiger partial charge in [0.25, 0.3) is 5.56 Å². The van der Waals surface area contributed by atoms with Gasteiger partial charge < -0.3 is 20.4 Å². The van der Waals surface area contributed by atoms with Crippen molar-refractivity contribution in [2.45, 2.75) is 28.8 Å². The number of nitrogens with zero attached hydrogens (tertiary/aromatic N) is 2. The molecule has 3 N–H and O–H groups in total. The first-order chi connectivity index (χ1) is 13.0. The van der Waals surface area contributed by atoms with Gasteiger partial charge in [-0.25, -0.2) is 4.98 Å². The summed E-state index contributed by atoms with van der Waals surface area (Å²) in [5.41, 5.74) is 6.06. The Bertz CT molecular complexity index is 899. The van der Waals surface area contributed by atoms with Crippen LogP contribution in [-0.2, 0) is 4.74 Å². The number of H-pyrrole nitrogens is 1. The predicted molar refractivity (Wildman–Crippen MR) is 108 cm³/mol. The van der Waals surface area contributed by atoms with E-state index in [4.69, 9.17) is 33.7 Å². The molecular formula is C18H20Cl2N4O2S. The van der Waals surface area contributed by atoms with Gasteiger partial charge in [-0.1, -0.05) is 41.0 Å². The van der Waals surface area contributed by atoms with Crippen LogP contribution in [0.25, 0.3) is 0 Å². The second kappa shape index (κ2) is 7.64. The van der Waals surface area contributed by atoms with Gasteiger partial charge in [0, 0.05) is 29.4 Å². The lowest BCUT2D eigenvalue weighted by molar-refractivity contribution is 0.131. The zero-order valence-corrected chi connectivity index (χ0v) is 16.9. The van der Waals surface area contributed by atoms with E-state index in [2.05, 4.69) is 9.97 Å². The van der Waals surface area contributed by atoms with Gasteiger partial charge in [0.15, 0.2) is 5.82 Å². The molecule has 9 heteroatoms. The van der Waals surface area contributed by atoms with E-state index in [1.54, 1.807) is 12.3 Å². The van der Waals surface area contributed by atoms with Gasteiger partial charge in [-0.15, -0.1) is 0 Å². The Morgan fingerprint density at radius 3 is 2.78 bits per heavy atom. The lowest BCUT2D eigenvalue weighted by atomic mass is 9.75. The zero-order chi connectivity index (χ0) is 19.0. The predicted octanol–water partition coefficient (Wildman–Crippen LogP) is 3.17. The van der Waals surface area contributed by atoms with Crippen molar-refractivity contribution < 1.29 is 4.74 Å². The van der Waals surface area contributed by atoms with E-state index in [0.717, 1.165) is 30.8 Å². The van der Waals surface area contributed by atoms with E-state index in [0.29, 0.717) is 34.1 Å². The molecule has 144 valence electrons. The van der Waals surface area contributed by atoms with Crippen LogP contribution in [-0.4, -0.2) is 42.3 Å². The molecule has 2 aliphatic heterocycles. The topological polar surface area (TPSA) is 84.2 Å². The molecule has 0 aliphatic carbocycles. The molecule has 1 aromatic heterocycles. The summed E-state index contributed by atoms with van der Waals surface area (Å²) in [5, 5.41) is 1.56. The van der Waals surface area contributed by atoms with Crippen LogP contribution >= 0.6 is 35.0 Å². The summed E-state index contributed by atoms with van der Waals surface area (Å²) in [7, 11) is 0. The lowest BCUT2D eigenvalue weighted by Gasteiger charge is -2.40. The van der Waals surface area contributed by atoms with Crippen molar-refractivity contribution >= 4 is 40.8 Å². The number of hydrogen-bond acceptors (Lipinski definition) is 6. The maximum Gasteiger partial charge on any atom is 0.291 e. The first kappa shape index (κ1) is 19.1. The van der Waals surface area contributed by atoms with E-state index >= 15 is 0 Å². The Morgan fingerprint density at radius 2 is 2.11 bits per heavy atom. The highest BCUT2D eigenvalue weighted by molar-refractivity contribution is 7.99. The fourth-order valence-electron chi connectivity index (χ4n) is 3.69. The highest BCUT2D eigenvalue weighted by atomic mass is 35.5. The molecular weight excluding hydrogens is 407 g/mol. The summed E-state index contributed by atoms with van der Waals surface area (Å²) in [6.07, 6.45) is 3.47. The SMILES string of the molecule is NC1COCC12CCN(c1ncc(Sc3cccc(Cl)c3Cl)[nH]c1=O)CC2. The maximum atomic E-state index is 12.6. The Morgan fingerprint density at radius 1 is 1.33 bits per heavy atom. The van der Waals surface area contributed by atoms with Gasteiger partial charge in [0.1, 0.15) is 0 Å². The number of aromatic nitrogens is 2. The third-order valence-corrected chi connectivity index (χ3v) is 7.33. The van der Waals surface area contributed by atoms with Gasteiger partial charge in [0.2, 0.25) is 0 Å². The van der Waals surface area contributed by atoms with Crippen LogP contribution < -0.4 is 16.2 Å². The van der Waals surface area contributed by atoms with Crippen LogP contribution in [0.4, 0.5) is 5.82 Å². The molecule has 3 heterocycles. The number of ether oxygens (including phenoxy) is 1. The van der Waals surface area contributed by atoms with Crippen molar-refractivity contribution in [2.24, 2.45) is 11.1 Å². The lowest BCUT2D eigenvalue weighted by Crippen LogP contribution is -2.50. The number of aromatic amines is 1. The highest BCUT2D eigenvalue weighted by Gasteiger charge is 2.44. The van der Waals surface area contributed by atoms with Crippen molar-refractivity contribution in [2.75, 3.05) is 31.2 Å². The van der Waals surface area contributed by atoms with Gasteiger partial charge in [-0.05, 0) is 25.0 Å². The Labute approximate surface area is 171 Å². The summed E-state index contributed by atoms with van der Waals surface area (Å²) in [5.74, 6) is 0.443. The normalized spacial score (nSPS) is 21.7. The quantitative estimate of drug-likeness (QED) is 0.783. The molecule has 1 spiro atoms. The number of piperidine rings is 1. The molecule has 2 aromatic rings. The molecule has 4 rings (SSSR count). The summed E-state index contributed by atoms with van der Waals surface area (Å²) in [4.78, 5) is 22.7. The molecule has 1 atom stereocenters. The van der Waals surface area contributed by atoms with Crippen LogP contribution in [0.3, 0.4) is 0 Å². The minimum absolute atomic E-state index is 0.0440. The van der Waals surface area contributed by atoms with E-state index in [9.17, 15) is 4.79 Å². The van der Waals surface area contributed by atoms with Crippen LogP contribution in [0.5, 0.6) is 0 Å². The minimum Gasteiger partial charge on any atom is -0.379 e. The van der Waals surface area contributed by atoms with E-state index in [1.807, 2.05) is 17.0 Å². The van der Waals surface area contributed by atoms with Crippen molar-refractivity contribution in [3.63, 3.8) is 0 Å². The van der Waals surface area contributed by atoms with E-state index < -0.39 is 0 Å². The van der Waals surface area contributed by atoms with Crippen LogP contribution in [0.15, 0.2) is 39.1 Å². The first-order valence-corrected chi connectivity index (χ1v) is 10.4. The third-order valence-electron chi connectivity index (χ3n) is 5.41. The smallest absolute Gasteiger partial charge is 0.291 e. The second-order valence-corrected chi connectivity index (χ2v) is 8.89. The number of anilines is 1. The van der Waals surface area contributed by atoms with Crippen molar-refractivity contribution in [1.29, 1.82) is 0 Å². The first-order valence-electron chi connectivity index (χ1n) is 8.78. The Hall–Kier alpha value is -1.25. The standard InChI is InChI=1S/C18H20Cl2N4O2S/c19-11-2-1-3-12(15(11)20)27-14-8-22-16(17(25)23-14)24-6-4-18(5-7-24)10-26-9-13(18)21/h1-3,8,13H,4-7,9-10,21H2,(H,23,25). The molecule has 6 nitrogen and oxygen atoms in total. The summed E-state index contributed by atoms with van der Waals surface area (Å²) < 4.78 is 5.56. The molecule has 2 saturated heterocycles. The van der Waals surface area contributed by atoms with Crippen molar-refractivity contribution in [3.8, 4) is 0 Å². The number of benzene rings is 1. The molecule has 0 amide bonds. The fraction of sp³-hybridized carbons (Fsp3) is 0.444. The Kier molecular flexibility index (Phi) is 5.40. The average molecular weight is 427 g/mol. The molecule has 2 fully saturated rings. The van der Waals surface area contributed by atoms with Gasteiger partial charge in [-0.2, -0.15) is 0 Å². The van der Waals surface area contributed by atoms with Crippen LogP contribution in [0, 0.1) is 5.41 Å². The number of halogens is 2. The molecule has 0 radical (unpaired) electrons. The molecule has 0 bridgehead atoms. The van der Waals surface area contributed by atoms with Gasteiger partial charge in [-0.3, -0.25) is 4.79 Å². The molecule has 1 aromatic carbocycles. The maximum absolute atomic E-state index is 12.6. The fourth-order valence-corrected chi connectivity index (χ4v) is 4.99. The minimum atomic E-state index is -0.207. The van der Waals surface area contributed by atoms with E-state index in [-0.39, 0.29) is 17.0 Å². The average Bonchev–Trinajstić information content (AvgIpc) is 3.00. The molecule has 1 unspecified atom stereocenters. The van der Waals surface area contributed by atoms with Crippen LogP contribution in [0.2, 0.25) is 10.0 Å². The summed E-state index contributed by atoms with van der Waals surface area (Å²) in [6, 6.07) is 5.47. The number of nitrogens with one attached hydrogen (secondary N) is 1. The molecule has 2 aliphatic rings. The molecule has 27 heavy (non-hydrogen) atoms. The number of nitrogens with two attached hydrogens (primary N) is 1. The summed E-state index contributed by atoms with van der Waals surface area (Å²) >= 11 is 13.6. The summed E-state index contributed by atoms with van der Waals surface area (Å²) in [6.45, 7) is 2.83. The monoisotopic (exact) mass is 426 g/mol. The zero-order valence-electron chi connectivity index (χ0n) is 14.6. The number of rotatable bonds is 3. The van der Waals surface area contributed by atoms with Crippen molar-refractivity contribution in [3.05, 3.63) is 44.8 Å². The van der Waals surface area contributed by atoms with Gasteiger partial charge in [0.05, 0.1) is 34.5 Å². The Balaban J connectivity index is 1.48. The van der Waals surface area contributed by atoms with E-state index in [1.165, 1.54) is 11.8 Å². The van der Waals surface area contributed by atoms with Gasteiger partial charge >= 0.3 is 0 Å².